The van der Waals surface area contributed by atoms with E-state index in [9.17, 15) is 19.2 Å². The molecule has 0 saturated heterocycles. The van der Waals surface area contributed by atoms with Crippen LogP contribution in [0.1, 0.15) is 40.5 Å². The predicted molar refractivity (Wildman–Crippen MR) is 111 cm³/mol. The predicted octanol–water partition coefficient (Wildman–Crippen LogP) is -1.13. The first kappa shape index (κ1) is 27.1. The number of aliphatic hydroxyl groups is 1. The number of hydrogen-bond donors (Lipinski definition) is 7. The Morgan fingerprint density at radius 3 is 1.69 bits per heavy atom. The highest BCUT2D eigenvalue weighted by Crippen LogP contribution is 2.07. The lowest BCUT2D eigenvalue weighted by atomic mass is 10.0. The number of thiol groups is 1. The van der Waals surface area contributed by atoms with E-state index in [-0.39, 0.29) is 24.0 Å². The zero-order valence-corrected chi connectivity index (χ0v) is 18.2. The van der Waals surface area contributed by atoms with Gasteiger partial charge in [0.15, 0.2) is 0 Å². The number of aliphatic hydroxyl groups excluding tert-OH is 1. The van der Waals surface area contributed by atoms with Gasteiger partial charge in [-0.15, -0.1) is 0 Å². The summed E-state index contributed by atoms with van der Waals surface area (Å²) in [7, 11) is 0. The van der Waals surface area contributed by atoms with Gasteiger partial charge in [-0.2, -0.15) is 12.6 Å². The number of carbonyl (C=O) groups is 4. The number of nitrogens with one attached hydrogen (secondary N) is 3. The van der Waals surface area contributed by atoms with E-state index in [0.717, 1.165) is 0 Å². The first-order valence-corrected chi connectivity index (χ1v) is 10.2. The molecule has 0 rings (SSSR count). The molecular weight excluding hydrogens is 400 g/mol. The van der Waals surface area contributed by atoms with Gasteiger partial charge in [0.2, 0.25) is 17.7 Å². The van der Waals surface area contributed by atoms with Gasteiger partial charge in [-0.05, 0) is 24.7 Å². The van der Waals surface area contributed by atoms with E-state index >= 15 is 0 Å². The van der Waals surface area contributed by atoms with Crippen molar-refractivity contribution in [3.05, 3.63) is 0 Å². The second-order valence-corrected chi connectivity index (χ2v) is 8.12. The molecule has 3 amide bonds. The van der Waals surface area contributed by atoms with Crippen LogP contribution in [0.2, 0.25) is 0 Å². The van der Waals surface area contributed by atoms with Crippen LogP contribution in [0, 0.1) is 11.8 Å². The molecule has 0 aromatic heterocycles. The summed E-state index contributed by atoms with van der Waals surface area (Å²) in [5.74, 6) is -3.08. The fourth-order valence-corrected chi connectivity index (χ4v) is 2.78. The highest BCUT2D eigenvalue weighted by atomic mass is 32.1. The molecular formula is C18H34N4O6S. The summed E-state index contributed by atoms with van der Waals surface area (Å²) in [5, 5.41) is 25.3. The Balaban J connectivity index is 5.15. The number of carbonyl (C=O) groups excluding carboxylic acids is 3. The molecule has 0 aromatic carbocycles. The first-order chi connectivity index (χ1) is 13.4. The summed E-state index contributed by atoms with van der Waals surface area (Å²) in [4.78, 5) is 48.2. The van der Waals surface area contributed by atoms with Crippen LogP contribution in [0.15, 0.2) is 0 Å². The molecule has 11 heteroatoms. The van der Waals surface area contributed by atoms with Gasteiger partial charge in [-0.3, -0.25) is 14.4 Å². The number of carboxylic acid groups (broad SMARTS) is 1. The van der Waals surface area contributed by atoms with Gasteiger partial charge >= 0.3 is 5.97 Å². The smallest absolute Gasteiger partial charge is 0.328 e. The fourth-order valence-electron chi connectivity index (χ4n) is 2.52. The Bertz CT molecular complexity index is 573. The van der Waals surface area contributed by atoms with Crippen molar-refractivity contribution < 1.29 is 29.4 Å². The molecule has 0 radical (unpaired) electrons. The third-order valence-corrected chi connectivity index (χ3v) is 4.38. The molecule has 0 spiro atoms. The second kappa shape index (κ2) is 13.4. The molecule has 0 aliphatic heterocycles. The number of amides is 3. The lowest BCUT2D eigenvalue weighted by Gasteiger charge is -2.25. The monoisotopic (exact) mass is 434 g/mol. The van der Waals surface area contributed by atoms with Crippen LogP contribution in [-0.2, 0) is 19.2 Å². The summed E-state index contributed by atoms with van der Waals surface area (Å²) in [6.07, 6.45) is 0.679. The SMILES string of the molecule is CC(C)CC(N)C(=O)NC(CS)C(=O)NC(CC(C)C)C(=O)NC(CO)C(=O)O. The second-order valence-electron chi connectivity index (χ2n) is 7.75. The molecule has 0 bridgehead atoms. The zero-order chi connectivity index (χ0) is 22.7. The van der Waals surface area contributed by atoms with Crippen molar-refractivity contribution in [3.8, 4) is 0 Å². The molecule has 0 aromatic rings. The van der Waals surface area contributed by atoms with Crippen LogP contribution >= 0.6 is 12.6 Å². The lowest BCUT2D eigenvalue weighted by molar-refractivity contribution is -0.143. The van der Waals surface area contributed by atoms with Gasteiger partial charge in [-0.1, -0.05) is 27.7 Å². The maximum atomic E-state index is 12.6. The molecule has 4 unspecified atom stereocenters. The number of rotatable bonds is 13. The topological polar surface area (TPSA) is 171 Å². The van der Waals surface area contributed by atoms with Crippen LogP contribution in [0.4, 0.5) is 0 Å². The average Bonchev–Trinajstić information content (AvgIpc) is 2.61. The van der Waals surface area contributed by atoms with Gasteiger partial charge in [0, 0.05) is 5.75 Å². The van der Waals surface area contributed by atoms with Crippen LogP contribution in [0.25, 0.3) is 0 Å². The Hall–Kier alpha value is -1.85. The third kappa shape index (κ3) is 10.5. The minimum atomic E-state index is -1.48. The van der Waals surface area contributed by atoms with Gasteiger partial charge in [0.1, 0.15) is 18.1 Å². The number of carboxylic acids is 1. The van der Waals surface area contributed by atoms with Crippen LogP contribution in [0.5, 0.6) is 0 Å². The number of nitrogens with two attached hydrogens (primary N) is 1. The maximum absolute atomic E-state index is 12.6. The summed E-state index contributed by atoms with van der Waals surface area (Å²) in [6.45, 7) is 6.71. The molecule has 7 N–H and O–H groups in total. The number of aliphatic carboxylic acids is 1. The van der Waals surface area contributed by atoms with Crippen molar-refractivity contribution in [2.24, 2.45) is 17.6 Å². The average molecular weight is 435 g/mol. The van der Waals surface area contributed by atoms with Crippen molar-refractivity contribution in [1.29, 1.82) is 0 Å². The Labute approximate surface area is 176 Å². The van der Waals surface area contributed by atoms with Gasteiger partial charge in [0.25, 0.3) is 0 Å². The highest BCUT2D eigenvalue weighted by molar-refractivity contribution is 7.80. The molecule has 0 heterocycles. The van der Waals surface area contributed by atoms with Crippen molar-refractivity contribution in [2.75, 3.05) is 12.4 Å². The summed E-state index contributed by atoms with van der Waals surface area (Å²) < 4.78 is 0. The van der Waals surface area contributed by atoms with Gasteiger partial charge in [0.05, 0.1) is 12.6 Å². The summed E-state index contributed by atoms with van der Waals surface area (Å²) in [5.41, 5.74) is 5.82. The Morgan fingerprint density at radius 1 is 0.828 bits per heavy atom. The summed E-state index contributed by atoms with van der Waals surface area (Å²) >= 11 is 4.08. The van der Waals surface area contributed by atoms with Gasteiger partial charge in [-0.25, -0.2) is 4.79 Å². The van der Waals surface area contributed by atoms with Crippen LogP contribution < -0.4 is 21.7 Å². The minimum Gasteiger partial charge on any atom is -0.480 e. The molecule has 4 atom stereocenters. The van der Waals surface area contributed by atoms with E-state index in [1.54, 1.807) is 0 Å². The Morgan fingerprint density at radius 2 is 1.28 bits per heavy atom. The molecule has 10 nitrogen and oxygen atoms in total. The maximum Gasteiger partial charge on any atom is 0.328 e. The molecule has 0 aliphatic rings. The normalized spacial score (nSPS) is 15.3. The Kier molecular flexibility index (Phi) is 12.5. The van der Waals surface area contributed by atoms with Crippen molar-refractivity contribution in [1.82, 2.24) is 16.0 Å². The van der Waals surface area contributed by atoms with Crippen molar-refractivity contribution in [3.63, 3.8) is 0 Å². The minimum absolute atomic E-state index is 0.00645. The fraction of sp³-hybridized carbons (Fsp3) is 0.778. The molecule has 0 saturated carbocycles. The van der Waals surface area contributed by atoms with Gasteiger partial charge < -0.3 is 31.9 Å². The van der Waals surface area contributed by atoms with Crippen molar-refractivity contribution in [2.45, 2.75) is 64.7 Å². The third-order valence-electron chi connectivity index (χ3n) is 4.01. The van der Waals surface area contributed by atoms with E-state index < -0.39 is 54.5 Å². The van der Waals surface area contributed by atoms with E-state index in [2.05, 4.69) is 28.6 Å². The highest BCUT2D eigenvalue weighted by Gasteiger charge is 2.30. The van der Waals surface area contributed by atoms with E-state index in [1.807, 2.05) is 27.7 Å². The first-order valence-electron chi connectivity index (χ1n) is 9.54. The molecule has 0 fully saturated rings. The van der Waals surface area contributed by atoms with E-state index in [1.165, 1.54) is 0 Å². The van der Waals surface area contributed by atoms with Crippen molar-refractivity contribution >= 4 is 36.3 Å². The number of hydrogen-bond acceptors (Lipinski definition) is 7. The molecule has 0 aliphatic carbocycles. The van der Waals surface area contributed by atoms with E-state index in [4.69, 9.17) is 15.9 Å². The standard InChI is InChI=1S/C18H34N4O6S/c1-9(2)5-11(19)15(24)22-14(8-29)17(26)20-12(6-10(3)4)16(25)21-13(7-23)18(27)28/h9-14,23,29H,5-8,19H2,1-4H3,(H,20,26)(H,21,25)(H,22,24)(H,27,28). The largest absolute Gasteiger partial charge is 0.480 e. The van der Waals surface area contributed by atoms with Crippen LogP contribution in [0.3, 0.4) is 0 Å². The van der Waals surface area contributed by atoms with Crippen LogP contribution in [-0.4, -0.2) is 70.4 Å². The van der Waals surface area contributed by atoms with E-state index in [0.29, 0.717) is 6.42 Å². The lowest BCUT2D eigenvalue weighted by Crippen LogP contribution is -2.58. The molecule has 29 heavy (non-hydrogen) atoms. The molecule has 168 valence electrons. The quantitative estimate of drug-likeness (QED) is 0.180. The summed E-state index contributed by atoms with van der Waals surface area (Å²) in [6, 6.07) is -4.32. The zero-order valence-electron chi connectivity index (χ0n) is 17.3.